The van der Waals surface area contributed by atoms with Gasteiger partial charge in [-0.1, -0.05) is 37.0 Å². The van der Waals surface area contributed by atoms with Crippen LogP contribution in [0.15, 0.2) is 95.1 Å². The molecule has 122 valence electrons. The SMILES string of the molecule is C=C1C(CC2=CC=C=CC(C)=C2)CCN1CCC1=CC=CC=C=C1. The second kappa shape index (κ2) is 7.88. The van der Waals surface area contributed by atoms with Gasteiger partial charge in [0.2, 0.25) is 0 Å². The number of rotatable bonds is 5. The van der Waals surface area contributed by atoms with E-state index in [1.165, 1.54) is 28.8 Å². The summed E-state index contributed by atoms with van der Waals surface area (Å²) in [6.07, 6.45) is 22.2. The van der Waals surface area contributed by atoms with Gasteiger partial charge in [0.1, 0.15) is 0 Å². The molecular formula is C23H25N. The lowest BCUT2D eigenvalue weighted by molar-refractivity contribution is 0.395. The number of hydrogen-bond acceptors (Lipinski definition) is 1. The van der Waals surface area contributed by atoms with Crippen molar-refractivity contribution in [2.24, 2.45) is 5.92 Å². The monoisotopic (exact) mass is 315 g/mol. The molecular weight excluding hydrogens is 290 g/mol. The first-order chi connectivity index (χ1) is 11.7. The lowest BCUT2D eigenvalue weighted by Gasteiger charge is -2.21. The molecule has 2 aliphatic carbocycles. The van der Waals surface area contributed by atoms with E-state index in [-0.39, 0.29) is 0 Å². The van der Waals surface area contributed by atoms with Crippen molar-refractivity contribution in [1.29, 1.82) is 0 Å². The van der Waals surface area contributed by atoms with Crippen molar-refractivity contribution < 1.29 is 0 Å². The zero-order chi connectivity index (χ0) is 16.8. The van der Waals surface area contributed by atoms with Crippen LogP contribution in [0.5, 0.6) is 0 Å². The first kappa shape index (κ1) is 16.4. The minimum atomic E-state index is 0.560. The molecule has 0 spiro atoms. The molecule has 1 unspecified atom stereocenters. The van der Waals surface area contributed by atoms with Gasteiger partial charge in [-0.05, 0) is 67.2 Å². The second-order valence-electron chi connectivity index (χ2n) is 6.63. The molecule has 0 amide bonds. The molecule has 1 atom stereocenters. The van der Waals surface area contributed by atoms with Crippen LogP contribution in [0.1, 0.15) is 26.2 Å². The Hall–Kier alpha value is -2.46. The summed E-state index contributed by atoms with van der Waals surface area (Å²) in [4.78, 5) is 2.46. The third-order valence-electron chi connectivity index (χ3n) is 4.78. The maximum atomic E-state index is 4.39. The van der Waals surface area contributed by atoms with Gasteiger partial charge in [0, 0.05) is 24.7 Å². The summed E-state index contributed by atoms with van der Waals surface area (Å²) in [5.41, 5.74) is 11.6. The molecule has 0 N–H and O–H groups in total. The van der Waals surface area contributed by atoms with Crippen molar-refractivity contribution in [2.45, 2.75) is 26.2 Å². The Morgan fingerprint density at radius 1 is 1.12 bits per heavy atom. The van der Waals surface area contributed by atoms with E-state index < -0.39 is 0 Å². The van der Waals surface area contributed by atoms with E-state index in [4.69, 9.17) is 0 Å². The largest absolute Gasteiger partial charge is 0.375 e. The van der Waals surface area contributed by atoms with Gasteiger partial charge < -0.3 is 4.90 Å². The van der Waals surface area contributed by atoms with Gasteiger partial charge in [0.15, 0.2) is 0 Å². The van der Waals surface area contributed by atoms with Crippen LogP contribution in [0, 0.1) is 5.92 Å². The Kier molecular flexibility index (Phi) is 5.39. The van der Waals surface area contributed by atoms with E-state index in [1.54, 1.807) is 0 Å². The Bertz CT molecular complexity index is 754. The third-order valence-corrected chi connectivity index (χ3v) is 4.78. The Labute approximate surface area is 145 Å². The topological polar surface area (TPSA) is 3.24 Å². The Morgan fingerprint density at radius 3 is 2.92 bits per heavy atom. The first-order valence-corrected chi connectivity index (χ1v) is 8.74. The molecule has 0 saturated carbocycles. The summed E-state index contributed by atoms with van der Waals surface area (Å²) in [5.74, 6) is 0.560. The van der Waals surface area contributed by atoms with Gasteiger partial charge in [-0.15, -0.1) is 11.5 Å². The quantitative estimate of drug-likeness (QED) is 0.613. The molecule has 3 aliphatic rings. The average Bonchev–Trinajstić information content (AvgIpc) is 2.80. The van der Waals surface area contributed by atoms with Crippen molar-refractivity contribution in [2.75, 3.05) is 13.1 Å². The van der Waals surface area contributed by atoms with Gasteiger partial charge in [0.05, 0.1) is 0 Å². The molecule has 0 aromatic rings. The van der Waals surface area contributed by atoms with Crippen LogP contribution >= 0.6 is 0 Å². The summed E-state index contributed by atoms with van der Waals surface area (Å²) in [5, 5.41) is 0. The van der Waals surface area contributed by atoms with Crippen LogP contribution < -0.4 is 0 Å². The van der Waals surface area contributed by atoms with E-state index in [9.17, 15) is 0 Å². The number of likely N-dealkylation sites (tertiary alicyclic amines) is 1. The molecule has 1 nitrogen and oxygen atoms in total. The fourth-order valence-electron chi connectivity index (χ4n) is 3.40. The molecule has 1 fully saturated rings. The Balaban J connectivity index is 1.55. The van der Waals surface area contributed by atoms with E-state index >= 15 is 0 Å². The summed E-state index contributed by atoms with van der Waals surface area (Å²) >= 11 is 0. The van der Waals surface area contributed by atoms with Gasteiger partial charge in [0.25, 0.3) is 0 Å². The van der Waals surface area contributed by atoms with Crippen molar-refractivity contribution >= 4 is 0 Å². The van der Waals surface area contributed by atoms with Crippen molar-refractivity contribution in [3.63, 3.8) is 0 Å². The second-order valence-corrected chi connectivity index (χ2v) is 6.63. The van der Waals surface area contributed by atoms with E-state index in [0.717, 1.165) is 25.9 Å². The molecule has 1 heteroatoms. The summed E-state index contributed by atoms with van der Waals surface area (Å²) < 4.78 is 0. The third kappa shape index (κ3) is 4.30. The van der Waals surface area contributed by atoms with Gasteiger partial charge in [-0.3, -0.25) is 0 Å². The van der Waals surface area contributed by atoms with Crippen LogP contribution in [-0.2, 0) is 0 Å². The minimum Gasteiger partial charge on any atom is -0.375 e. The summed E-state index contributed by atoms with van der Waals surface area (Å²) in [6.45, 7) is 8.68. The fourth-order valence-corrected chi connectivity index (χ4v) is 3.40. The van der Waals surface area contributed by atoms with Crippen LogP contribution in [-0.4, -0.2) is 18.0 Å². The molecule has 0 aromatic heterocycles. The van der Waals surface area contributed by atoms with Crippen LogP contribution in [0.3, 0.4) is 0 Å². The van der Waals surface area contributed by atoms with E-state index in [1.807, 2.05) is 24.3 Å². The molecule has 1 saturated heterocycles. The molecule has 1 aliphatic heterocycles. The molecule has 24 heavy (non-hydrogen) atoms. The maximum absolute atomic E-state index is 4.39. The van der Waals surface area contributed by atoms with E-state index in [2.05, 4.69) is 60.2 Å². The zero-order valence-electron chi connectivity index (χ0n) is 14.5. The maximum Gasteiger partial charge on any atom is 0.0215 e. The minimum absolute atomic E-state index is 0.560. The number of allylic oxidation sites excluding steroid dienone is 10. The van der Waals surface area contributed by atoms with Crippen LogP contribution in [0.4, 0.5) is 0 Å². The highest BCUT2D eigenvalue weighted by molar-refractivity contribution is 5.35. The lowest BCUT2D eigenvalue weighted by atomic mass is 9.95. The summed E-state index contributed by atoms with van der Waals surface area (Å²) in [6, 6.07) is 0. The highest BCUT2D eigenvalue weighted by Crippen LogP contribution is 2.33. The van der Waals surface area contributed by atoms with Gasteiger partial charge >= 0.3 is 0 Å². The lowest BCUT2D eigenvalue weighted by Crippen LogP contribution is -2.20. The van der Waals surface area contributed by atoms with E-state index in [0.29, 0.717) is 5.92 Å². The highest BCUT2D eigenvalue weighted by Gasteiger charge is 2.26. The number of nitrogens with zero attached hydrogens (tertiary/aromatic N) is 1. The fraction of sp³-hybridized carbons (Fsp3) is 0.304. The standard InChI is InChI=1S/C23H25N/c1-19-9-7-8-12-22(17-19)18-23-14-16-24(20(23)2)15-13-21-10-5-3-4-6-11-21/h3-5,8-12,17,23H,2,13-16,18H2,1H3. The van der Waals surface area contributed by atoms with Crippen molar-refractivity contribution in [3.8, 4) is 0 Å². The molecule has 0 radical (unpaired) electrons. The van der Waals surface area contributed by atoms with Crippen LogP contribution in [0.25, 0.3) is 0 Å². The predicted octanol–water partition coefficient (Wildman–Crippen LogP) is 5.41. The predicted molar refractivity (Wildman–Crippen MR) is 102 cm³/mol. The molecule has 0 aromatic carbocycles. The zero-order valence-corrected chi connectivity index (χ0v) is 14.5. The normalized spacial score (nSPS) is 22.4. The van der Waals surface area contributed by atoms with Gasteiger partial charge in [-0.25, -0.2) is 0 Å². The highest BCUT2D eigenvalue weighted by atomic mass is 15.2. The van der Waals surface area contributed by atoms with Crippen molar-refractivity contribution in [1.82, 2.24) is 4.90 Å². The smallest absolute Gasteiger partial charge is 0.0215 e. The number of hydrogen-bond donors (Lipinski definition) is 0. The van der Waals surface area contributed by atoms with Gasteiger partial charge in [-0.2, -0.15) is 0 Å². The Morgan fingerprint density at radius 2 is 2.00 bits per heavy atom. The average molecular weight is 315 g/mol. The van der Waals surface area contributed by atoms with Crippen LogP contribution in [0.2, 0.25) is 0 Å². The summed E-state index contributed by atoms with van der Waals surface area (Å²) in [7, 11) is 0. The first-order valence-electron chi connectivity index (χ1n) is 8.74. The van der Waals surface area contributed by atoms with Crippen molar-refractivity contribution in [3.05, 3.63) is 95.1 Å². The molecule has 1 heterocycles. The molecule has 0 bridgehead atoms. The molecule has 3 rings (SSSR count).